The molecule has 0 spiro atoms. The normalized spacial score (nSPS) is 19.6. The molecule has 0 saturated carbocycles. The van der Waals surface area contributed by atoms with Gasteiger partial charge in [-0.3, -0.25) is 0 Å². The van der Waals surface area contributed by atoms with E-state index in [-0.39, 0.29) is 12.3 Å². The van der Waals surface area contributed by atoms with Gasteiger partial charge >= 0.3 is 6.18 Å². The van der Waals surface area contributed by atoms with Crippen molar-refractivity contribution in [3.63, 3.8) is 0 Å². The molecular formula is C9H17F3O. The molecule has 13 heavy (non-hydrogen) atoms. The van der Waals surface area contributed by atoms with E-state index in [0.29, 0.717) is 6.42 Å². The highest BCUT2D eigenvalue weighted by Gasteiger charge is 2.35. The highest BCUT2D eigenvalue weighted by atomic mass is 19.4. The Kier molecular flexibility index (Phi) is 4.75. The van der Waals surface area contributed by atoms with Crippen LogP contribution in [0.5, 0.6) is 0 Å². The van der Waals surface area contributed by atoms with E-state index in [4.69, 9.17) is 5.11 Å². The highest BCUT2D eigenvalue weighted by molar-refractivity contribution is 4.66. The third-order valence-electron chi connectivity index (χ3n) is 2.44. The SMILES string of the molecule is CC(O)C(C)CCC(C)C(F)(F)F. The molecule has 0 saturated heterocycles. The first-order chi connectivity index (χ1) is 5.75. The average molecular weight is 198 g/mol. The van der Waals surface area contributed by atoms with Crippen LogP contribution in [0.2, 0.25) is 0 Å². The quantitative estimate of drug-likeness (QED) is 0.736. The van der Waals surface area contributed by atoms with E-state index in [9.17, 15) is 13.2 Å². The number of aliphatic hydroxyl groups excluding tert-OH is 1. The Hall–Kier alpha value is -0.250. The van der Waals surface area contributed by atoms with Gasteiger partial charge in [0.25, 0.3) is 0 Å². The fourth-order valence-corrected chi connectivity index (χ4v) is 0.918. The zero-order chi connectivity index (χ0) is 10.6. The van der Waals surface area contributed by atoms with Crippen LogP contribution >= 0.6 is 0 Å². The summed E-state index contributed by atoms with van der Waals surface area (Å²) in [4.78, 5) is 0. The summed E-state index contributed by atoms with van der Waals surface area (Å²) in [5.74, 6) is -1.33. The van der Waals surface area contributed by atoms with E-state index in [0.717, 1.165) is 0 Å². The summed E-state index contributed by atoms with van der Waals surface area (Å²) >= 11 is 0. The second kappa shape index (κ2) is 4.84. The number of hydrogen-bond donors (Lipinski definition) is 1. The molecule has 1 nitrogen and oxygen atoms in total. The van der Waals surface area contributed by atoms with Crippen LogP contribution in [-0.2, 0) is 0 Å². The fraction of sp³-hybridized carbons (Fsp3) is 1.00. The van der Waals surface area contributed by atoms with Gasteiger partial charge in [-0.25, -0.2) is 0 Å². The van der Waals surface area contributed by atoms with Crippen molar-refractivity contribution in [2.75, 3.05) is 0 Å². The van der Waals surface area contributed by atoms with Crippen molar-refractivity contribution in [2.24, 2.45) is 11.8 Å². The molecule has 3 atom stereocenters. The lowest BCUT2D eigenvalue weighted by Crippen LogP contribution is -2.22. The maximum atomic E-state index is 12.0. The standard InChI is InChI=1S/C9H17F3O/c1-6(8(3)13)4-5-7(2)9(10,11)12/h6-8,13H,4-5H2,1-3H3. The molecule has 0 heterocycles. The summed E-state index contributed by atoms with van der Waals surface area (Å²) in [6.07, 6.45) is -4.12. The van der Waals surface area contributed by atoms with Gasteiger partial charge in [-0.15, -0.1) is 0 Å². The molecular weight excluding hydrogens is 181 g/mol. The van der Waals surface area contributed by atoms with Gasteiger partial charge < -0.3 is 5.11 Å². The first-order valence-electron chi connectivity index (χ1n) is 4.50. The van der Waals surface area contributed by atoms with E-state index < -0.39 is 18.2 Å². The molecule has 0 rings (SSSR count). The first-order valence-corrected chi connectivity index (χ1v) is 4.50. The minimum absolute atomic E-state index is 0.0650. The zero-order valence-electron chi connectivity index (χ0n) is 8.23. The Labute approximate surface area is 76.9 Å². The topological polar surface area (TPSA) is 20.2 Å². The van der Waals surface area contributed by atoms with Crippen molar-refractivity contribution in [3.8, 4) is 0 Å². The Morgan fingerprint density at radius 2 is 1.54 bits per heavy atom. The molecule has 0 aliphatic rings. The molecule has 0 aliphatic heterocycles. The van der Waals surface area contributed by atoms with E-state index in [1.54, 1.807) is 13.8 Å². The minimum Gasteiger partial charge on any atom is -0.393 e. The van der Waals surface area contributed by atoms with Crippen LogP contribution in [0.4, 0.5) is 13.2 Å². The molecule has 0 aromatic rings. The van der Waals surface area contributed by atoms with Gasteiger partial charge in [-0.2, -0.15) is 13.2 Å². The molecule has 0 aromatic carbocycles. The van der Waals surface area contributed by atoms with Crippen LogP contribution in [0.3, 0.4) is 0 Å². The van der Waals surface area contributed by atoms with E-state index in [2.05, 4.69) is 0 Å². The van der Waals surface area contributed by atoms with Gasteiger partial charge in [0.2, 0.25) is 0 Å². The maximum absolute atomic E-state index is 12.0. The van der Waals surface area contributed by atoms with Gasteiger partial charge in [0.1, 0.15) is 0 Å². The van der Waals surface area contributed by atoms with E-state index in [1.165, 1.54) is 6.92 Å². The molecule has 0 bridgehead atoms. The predicted molar refractivity (Wildman–Crippen MR) is 45.3 cm³/mol. The second-order valence-corrected chi connectivity index (χ2v) is 3.74. The third kappa shape index (κ3) is 5.13. The van der Waals surface area contributed by atoms with Crippen molar-refractivity contribution in [1.82, 2.24) is 0 Å². The van der Waals surface area contributed by atoms with Gasteiger partial charge in [0.15, 0.2) is 0 Å². The van der Waals surface area contributed by atoms with Crippen molar-refractivity contribution in [2.45, 2.75) is 45.9 Å². The van der Waals surface area contributed by atoms with Crippen molar-refractivity contribution in [3.05, 3.63) is 0 Å². The lowest BCUT2D eigenvalue weighted by atomic mass is 9.94. The van der Waals surface area contributed by atoms with Gasteiger partial charge in [0.05, 0.1) is 12.0 Å². The van der Waals surface area contributed by atoms with Crippen LogP contribution in [0.1, 0.15) is 33.6 Å². The molecule has 0 aromatic heterocycles. The van der Waals surface area contributed by atoms with Gasteiger partial charge in [-0.1, -0.05) is 13.8 Å². The molecule has 0 fully saturated rings. The third-order valence-corrected chi connectivity index (χ3v) is 2.44. The largest absolute Gasteiger partial charge is 0.393 e. The van der Waals surface area contributed by atoms with Crippen LogP contribution < -0.4 is 0 Å². The zero-order valence-corrected chi connectivity index (χ0v) is 8.23. The van der Waals surface area contributed by atoms with Crippen molar-refractivity contribution >= 4 is 0 Å². The minimum atomic E-state index is -4.10. The number of rotatable bonds is 4. The second-order valence-electron chi connectivity index (χ2n) is 3.74. The van der Waals surface area contributed by atoms with Crippen LogP contribution in [0.15, 0.2) is 0 Å². The Morgan fingerprint density at radius 1 is 1.08 bits per heavy atom. The lowest BCUT2D eigenvalue weighted by molar-refractivity contribution is -0.172. The molecule has 3 unspecified atom stereocenters. The highest BCUT2D eigenvalue weighted by Crippen LogP contribution is 2.30. The van der Waals surface area contributed by atoms with Gasteiger partial charge in [-0.05, 0) is 25.7 Å². The lowest BCUT2D eigenvalue weighted by Gasteiger charge is -2.19. The number of hydrogen-bond acceptors (Lipinski definition) is 1. The van der Waals surface area contributed by atoms with Crippen molar-refractivity contribution in [1.29, 1.82) is 0 Å². The predicted octanol–water partition coefficient (Wildman–Crippen LogP) is 2.98. The molecule has 0 amide bonds. The Balaban J connectivity index is 3.77. The van der Waals surface area contributed by atoms with Crippen LogP contribution in [0, 0.1) is 11.8 Å². The molecule has 0 aliphatic carbocycles. The molecule has 4 heteroatoms. The Morgan fingerprint density at radius 3 is 1.85 bits per heavy atom. The van der Waals surface area contributed by atoms with Gasteiger partial charge in [0, 0.05) is 0 Å². The maximum Gasteiger partial charge on any atom is 0.391 e. The van der Waals surface area contributed by atoms with Crippen molar-refractivity contribution < 1.29 is 18.3 Å². The Bertz CT molecular complexity index is 142. The summed E-state index contributed by atoms with van der Waals surface area (Å²) < 4.78 is 36.1. The first kappa shape index (κ1) is 12.8. The number of alkyl halides is 3. The van der Waals surface area contributed by atoms with Crippen LogP contribution in [0.25, 0.3) is 0 Å². The van der Waals surface area contributed by atoms with E-state index >= 15 is 0 Å². The summed E-state index contributed by atoms with van der Waals surface area (Å²) in [5, 5.41) is 9.06. The number of halogens is 3. The number of aliphatic hydroxyl groups is 1. The fourth-order valence-electron chi connectivity index (χ4n) is 0.918. The molecule has 0 radical (unpaired) electrons. The average Bonchev–Trinajstić information content (AvgIpc) is 1.97. The smallest absolute Gasteiger partial charge is 0.391 e. The van der Waals surface area contributed by atoms with E-state index in [1.807, 2.05) is 0 Å². The summed E-state index contributed by atoms with van der Waals surface area (Å²) in [6.45, 7) is 4.53. The van der Waals surface area contributed by atoms with Crippen LogP contribution in [-0.4, -0.2) is 17.4 Å². The summed E-state index contributed by atoms with van der Waals surface area (Å²) in [6, 6.07) is 0. The summed E-state index contributed by atoms with van der Waals surface area (Å²) in [7, 11) is 0. The molecule has 1 N–H and O–H groups in total. The molecule has 80 valence electrons. The summed E-state index contributed by atoms with van der Waals surface area (Å²) in [5.41, 5.74) is 0. The monoisotopic (exact) mass is 198 g/mol.